The fraction of sp³-hybridized carbons (Fsp3) is 0.419. The third kappa shape index (κ3) is 8.46. The lowest BCUT2D eigenvalue weighted by atomic mass is 9.87. The van der Waals surface area contributed by atoms with E-state index in [9.17, 15) is 24.9 Å². The normalized spacial score (nSPS) is 18.4. The van der Waals surface area contributed by atoms with Gasteiger partial charge in [-0.25, -0.2) is 0 Å². The maximum Gasteiger partial charge on any atom is 0.247 e. The van der Waals surface area contributed by atoms with E-state index in [2.05, 4.69) is 27.9 Å². The van der Waals surface area contributed by atoms with Crippen molar-refractivity contribution in [2.75, 3.05) is 33.9 Å². The van der Waals surface area contributed by atoms with Crippen LogP contribution in [0.2, 0.25) is 0 Å². The Morgan fingerprint density at radius 1 is 1.14 bits per heavy atom. The first kappa shape index (κ1) is 33.4. The number of methoxy groups -OCH3 is 2. The lowest BCUT2D eigenvalue weighted by Gasteiger charge is -2.40. The van der Waals surface area contributed by atoms with E-state index < -0.39 is 24.2 Å². The number of aliphatic hydroxyl groups is 3. The maximum atomic E-state index is 13.5. The molecule has 0 radical (unpaired) electrons. The van der Waals surface area contributed by atoms with E-state index in [4.69, 9.17) is 14.2 Å². The Morgan fingerprint density at radius 3 is 2.55 bits per heavy atom. The molecule has 4 N–H and O–H groups in total. The fourth-order valence-corrected chi connectivity index (χ4v) is 5.59. The molecule has 0 aromatic heterocycles. The van der Waals surface area contributed by atoms with Gasteiger partial charge >= 0.3 is 0 Å². The molecule has 3 rings (SSSR count). The summed E-state index contributed by atoms with van der Waals surface area (Å²) in [6.07, 6.45) is 3.75. The molecule has 0 aliphatic heterocycles. The minimum absolute atomic E-state index is 0.0545. The standard InChI is InChI=1S/C31H39IN2O8/c1-4-5-10-28(37)34(13-11-21-8-6-7-9-25(21)40-2)24-17-22(31(39)33-12-14-35)18-26(29(24)38)42-30-23(32)15-20(19-36)16-27(30)41-3/h5-10,15-16,18,24,26,29,35-36,38H,4,11-14,17,19H2,1-3H3,(H,33,39)/t24-,26+,29+/m1/s1. The minimum atomic E-state index is -1.20. The number of ether oxygens (including phenoxy) is 3. The summed E-state index contributed by atoms with van der Waals surface area (Å²) in [6, 6.07) is 10.1. The van der Waals surface area contributed by atoms with Gasteiger partial charge in [0.2, 0.25) is 11.8 Å². The van der Waals surface area contributed by atoms with Crippen LogP contribution in [0.4, 0.5) is 0 Å². The van der Waals surface area contributed by atoms with Crippen molar-refractivity contribution in [3.05, 3.63) is 74.9 Å². The van der Waals surface area contributed by atoms with Gasteiger partial charge in [0.15, 0.2) is 11.5 Å². The number of nitrogens with one attached hydrogen (secondary N) is 1. The Morgan fingerprint density at radius 2 is 1.88 bits per heavy atom. The highest BCUT2D eigenvalue weighted by Gasteiger charge is 2.40. The molecule has 42 heavy (non-hydrogen) atoms. The Balaban J connectivity index is 2.02. The van der Waals surface area contributed by atoms with Crippen LogP contribution in [0.5, 0.6) is 17.2 Å². The average molecular weight is 695 g/mol. The van der Waals surface area contributed by atoms with Crippen molar-refractivity contribution in [1.29, 1.82) is 0 Å². The first-order chi connectivity index (χ1) is 20.3. The predicted molar refractivity (Wildman–Crippen MR) is 166 cm³/mol. The van der Waals surface area contributed by atoms with Crippen LogP contribution in [0.3, 0.4) is 0 Å². The number of hydrogen-bond acceptors (Lipinski definition) is 8. The molecular weight excluding hydrogens is 655 g/mol. The molecule has 1 aliphatic rings. The molecular formula is C31H39IN2O8. The van der Waals surface area contributed by atoms with Crippen LogP contribution in [0.1, 0.15) is 30.9 Å². The van der Waals surface area contributed by atoms with Gasteiger partial charge < -0.3 is 39.7 Å². The van der Waals surface area contributed by atoms with Crippen LogP contribution >= 0.6 is 22.6 Å². The van der Waals surface area contributed by atoms with E-state index in [1.807, 2.05) is 31.2 Å². The second kappa shape index (κ2) is 16.5. The fourth-order valence-electron chi connectivity index (χ4n) is 4.80. The number of nitrogens with zero attached hydrogens (tertiary/aromatic N) is 1. The van der Waals surface area contributed by atoms with Gasteiger partial charge in [0.1, 0.15) is 18.0 Å². The number of halogens is 1. The van der Waals surface area contributed by atoms with Gasteiger partial charge in [-0.05, 0) is 76.9 Å². The number of rotatable bonds is 14. The van der Waals surface area contributed by atoms with Crippen molar-refractivity contribution in [3.63, 3.8) is 0 Å². The number of carbonyl (C=O) groups excluding carboxylic acids is 2. The average Bonchev–Trinajstić information content (AvgIpc) is 3.00. The molecule has 1 aliphatic carbocycles. The molecule has 10 nitrogen and oxygen atoms in total. The monoisotopic (exact) mass is 694 g/mol. The van der Waals surface area contributed by atoms with Crippen molar-refractivity contribution in [1.82, 2.24) is 10.2 Å². The SMILES string of the molecule is CCC=CC(=O)N(CCc1ccccc1OC)[C@@H]1CC(C(=O)NCCO)=C[C@H](Oc2c(I)cc(CO)cc2OC)[C@H]1O. The van der Waals surface area contributed by atoms with Crippen LogP contribution in [-0.4, -0.2) is 84.2 Å². The minimum Gasteiger partial charge on any atom is -0.496 e. The van der Waals surface area contributed by atoms with Gasteiger partial charge in [0, 0.05) is 25.1 Å². The third-order valence-corrected chi connectivity index (χ3v) is 7.74. The molecule has 2 amide bonds. The highest BCUT2D eigenvalue weighted by Crippen LogP contribution is 2.37. The molecule has 0 unspecified atom stereocenters. The summed E-state index contributed by atoms with van der Waals surface area (Å²) < 4.78 is 17.9. The number of benzene rings is 2. The van der Waals surface area contributed by atoms with Gasteiger partial charge in [-0.15, -0.1) is 0 Å². The molecule has 0 heterocycles. The zero-order valence-electron chi connectivity index (χ0n) is 24.1. The topological polar surface area (TPSA) is 138 Å². The summed E-state index contributed by atoms with van der Waals surface area (Å²) in [4.78, 5) is 28.2. The highest BCUT2D eigenvalue weighted by atomic mass is 127. The van der Waals surface area contributed by atoms with Crippen LogP contribution in [0.25, 0.3) is 0 Å². The summed E-state index contributed by atoms with van der Waals surface area (Å²) in [5.41, 5.74) is 1.84. The molecule has 0 spiro atoms. The van der Waals surface area contributed by atoms with Gasteiger partial charge in [-0.1, -0.05) is 31.2 Å². The molecule has 228 valence electrons. The second-order valence-electron chi connectivity index (χ2n) is 9.69. The van der Waals surface area contributed by atoms with Gasteiger partial charge in [-0.3, -0.25) is 9.59 Å². The first-order valence-corrected chi connectivity index (χ1v) is 14.9. The maximum absolute atomic E-state index is 13.5. The van der Waals surface area contributed by atoms with Crippen molar-refractivity contribution < 1.29 is 39.1 Å². The number of para-hydroxylation sites is 1. The Bertz CT molecular complexity index is 1280. The molecule has 2 aromatic carbocycles. The Labute approximate surface area is 260 Å². The summed E-state index contributed by atoms with van der Waals surface area (Å²) >= 11 is 2.06. The Kier molecular flexibility index (Phi) is 13.1. The summed E-state index contributed by atoms with van der Waals surface area (Å²) in [5, 5.41) is 33.2. The van der Waals surface area contributed by atoms with Crippen LogP contribution in [-0.2, 0) is 22.6 Å². The van der Waals surface area contributed by atoms with E-state index in [1.165, 1.54) is 13.2 Å². The third-order valence-electron chi connectivity index (χ3n) is 6.93. The number of allylic oxidation sites excluding steroid dienone is 1. The smallest absolute Gasteiger partial charge is 0.247 e. The van der Waals surface area contributed by atoms with E-state index >= 15 is 0 Å². The van der Waals surface area contributed by atoms with Crippen molar-refractivity contribution >= 4 is 34.4 Å². The summed E-state index contributed by atoms with van der Waals surface area (Å²) in [6.45, 7) is 1.80. The molecule has 0 bridgehead atoms. The van der Waals surface area contributed by atoms with Crippen LogP contribution in [0, 0.1) is 3.57 Å². The summed E-state index contributed by atoms with van der Waals surface area (Å²) in [7, 11) is 3.06. The van der Waals surface area contributed by atoms with Gasteiger partial charge in [-0.2, -0.15) is 0 Å². The molecule has 2 aromatic rings. The van der Waals surface area contributed by atoms with Crippen molar-refractivity contribution in [3.8, 4) is 17.2 Å². The molecule has 0 fully saturated rings. The Hall–Kier alpha value is -3.13. The summed E-state index contributed by atoms with van der Waals surface area (Å²) in [5.74, 6) is 0.662. The van der Waals surface area contributed by atoms with Gasteiger partial charge in [0.05, 0.1) is 37.0 Å². The number of hydrogen-bond donors (Lipinski definition) is 4. The van der Waals surface area contributed by atoms with Crippen molar-refractivity contribution in [2.45, 2.75) is 51.0 Å². The molecule has 0 saturated heterocycles. The lowest BCUT2D eigenvalue weighted by Crippen LogP contribution is -2.55. The molecule has 11 heteroatoms. The lowest BCUT2D eigenvalue weighted by molar-refractivity contribution is -0.133. The zero-order chi connectivity index (χ0) is 30.6. The molecule has 0 saturated carbocycles. The van der Waals surface area contributed by atoms with Crippen molar-refractivity contribution in [2.24, 2.45) is 0 Å². The predicted octanol–water partition coefficient (Wildman–Crippen LogP) is 2.75. The van der Waals surface area contributed by atoms with Crippen LogP contribution in [0.15, 0.2) is 60.2 Å². The largest absolute Gasteiger partial charge is 0.496 e. The van der Waals surface area contributed by atoms with E-state index in [0.29, 0.717) is 44.8 Å². The number of amides is 2. The molecule has 3 atom stereocenters. The quantitative estimate of drug-likeness (QED) is 0.175. The first-order valence-electron chi connectivity index (χ1n) is 13.8. The highest BCUT2D eigenvalue weighted by molar-refractivity contribution is 14.1. The number of carbonyl (C=O) groups is 2. The van der Waals surface area contributed by atoms with E-state index in [-0.39, 0.29) is 38.6 Å². The van der Waals surface area contributed by atoms with Gasteiger partial charge in [0.25, 0.3) is 0 Å². The zero-order valence-corrected chi connectivity index (χ0v) is 26.2. The van der Waals surface area contributed by atoms with Crippen LogP contribution < -0.4 is 19.5 Å². The van der Waals surface area contributed by atoms with E-state index in [0.717, 1.165) is 5.56 Å². The number of aliphatic hydroxyl groups excluding tert-OH is 3. The second-order valence-corrected chi connectivity index (χ2v) is 10.8. The van der Waals surface area contributed by atoms with E-state index in [1.54, 1.807) is 36.3 Å².